The monoisotopic (exact) mass is 600 g/mol. The summed E-state index contributed by atoms with van der Waals surface area (Å²) < 4.78 is 12.9. The number of fused-ring (bicyclic) bond motifs is 9. The molecule has 0 atom stereocenters. The Labute approximate surface area is 271 Å². The van der Waals surface area contributed by atoms with Gasteiger partial charge in [0.25, 0.3) is 6.71 Å². The van der Waals surface area contributed by atoms with Gasteiger partial charge in [-0.25, -0.2) is 0 Å². The molecular weight excluding hydrogens is 575 g/mol. The number of anilines is 6. The molecule has 0 fully saturated rings. The molecule has 0 bridgehead atoms. The zero-order valence-electron chi connectivity index (χ0n) is 25.2. The smallest absolute Gasteiger partial charge is 0.252 e. The quantitative estimate of drug-likeness (QED) is 0.185. The van der Waals surface area contributed by atoms with Crippen LogP contribution >= 0.6 is 0 Å². The summed E-state index contributed by atoms with van der Waals surface area (Å²) in [4.78, 5) is 4.83. The van der Waals surface area contributed by atoms with Crippen LogP contribution in [0.15, 0.2) is 156 Å². The number of ether oxygens (including phenoxy) is 1. The SMILES string of the molecule is c1ccc2c(c1)Oc1cccc3c1N2c1cccc2c1B3c1ccccc1N2c1ccc(-c2cccc3c2oc2ccccc23)cc1. The normalized spacial score (nSPS) is 13.6. The van der Waals surface area contributed by atoms with Crippen molar-refractivity contribution in [2.24, 2.45) is 0 Å². The Morgan fingerprint density at radius 2 is 1.13 bits per heavy atom. The first-order chi connectivity index (χ1) is 23.3. The van der Waals surface area contributed by atoms with E-state index >= 15 is 0 Å². The molecule has 0 aliphatic carbocycles. The van der Waals surface area contributed by atoms with Crippen LogP contribution in [0.1, 0.15) is 0 Å². The van der Waals surface area contributed by atoms with E-state index in [-0.39, 0.29) is 6.71 Å². The van der Waals surface area contributed by atoms with Gasteiger partial charge in [-0.2, -0.15) is 0 Å². The number of benzene rings is 7. The average Bonchev–Trinajstić information content (AvgIpc) is 3.52. The van der Waals surface area contributed by atoms with E-state index < -0.39 is 0 Å². The fourth-order valence-corrected chi connectivity index (χ4v) is 8.12. The molecule has 0 N–H and O–H groups in total. The van der Waals surface area contributed by atoms with Crippen molar-refractivity contribution in [2.75, 3.05) is 9.80 Å². The molecule has 0 saturated heterocycles. The molecule has 4 heterocycles. The highest BCUT2D eigenvalue weighted by atomic mass is 16.5. The lowest BCUT2D eigenvalue weighted by Gasteiger charge is -2.45. The lowest BCUT2D eigenvalue weighted by Crippen LogP contribution is -2.61. The second-order valence-corrected chi connectivity index (χ2v) is 12.5. The maximum atomic E-state index is 6.49. The molecule has 8 aromatic rings. The first kappa shape index (κ1) is 25.0. The summed E-state index contributed by atoms with van der Waals surface area (Å²) in [6.07, 6.45) is 0. The van der Waals surface area contributed by atoms with Crippen LogP contribution in [0.4, 0.5) is 34.1 Å². The standard InChI is InChI=1S/C42H25BN2O2/c1-5-19-37-29(10-1)30-12-7-11-28(42(30)47-37)26-22-24-27(25-23-26)44-33-15-3-2-13-31(33)43-32-14-8-21-39-41(32)45(34-16-4-6-20-38(34)46-39)36-18-9-17-35(44)40(36)43/h1-25H. The summed E-state index contributed by atoms with van der Waals surface area (Å²) >= 11 is 0. The third kappa shape index (κ3) is 3.32. The molecule has 0 saturated carbocycles. The highest BCUT2D eigenvalue weighted by Gasteiger charge is 2.45. The third-order valence-corrected chi connectivity index (χ3v) is 10.1. The van der Waals surface area contributed by atoms with Crippen molar-refractivity contribution in [2.45, 2.75) is 0 Å². The molecule has 11 rings (SSSR count). The average molecular weight is 600 g/mol. The van der Waals surface area contributed by atoms with E-state index in [1.165, 1.54) is 33.5 Å². The van der Waals surface area contributed by atoms with E-state index in [0.717, 1.165) is 61.6 Å². The second-order valence-electron chi connectivity index (χ2n) is 12.5. The summed E-state index contributed by atoms with van der Waals surface area (Å²) in [6, 6.07) is 54.0. The van der Waals surface area contributed by atoms with E-state index in [4.69, 9.17) is 9.15 Å². The van der Waals surface area contributed by atoms with Crippen LogP contribution in [-0.2, 0) is 0 Å². The van der Waals surface area contributed by atoms with Crippen molar-refractivity contribution in [3.8, 4) is 22.6 Å². The highest BCUT2D eigenvalue weighted by Crippen LogP contribution is 2.52. The van der Waals surface area contributed by atoms with Gasteiger partial charge in [-0.3, -0.25) is 0 Å². The van der Waals surface area contributed by atoms with Crippen molar-refractivity contribution in [1.82, 2.24) is 0 Å². The topological polar surface area (TPSA) is 28.9 Å². The van der Waals surface area contributed by atoms with Crippen LogP contribution < -0.4 is 30.9 Å². The molecule has 5 heteroatoms. The van der Waals surface area contributed by atoms with Crippen LogP contribution in [-0.4, -0.2) is 6.71 Å². The van der Waals surface area contributed by atoms with Crippen molar-refractivity contribution >= 4 is 79.2 Å². The molecule has 0 amide bonds. The Morgan fingerprint density at radius 3 is 2.04 bits per heavy atom. The molecule has 3 aliphatic heterocycles. The van der Waals surface area contributed by atoms with Crippen molar-refractivity contribution in [1.29, 1.82) is 0 Å². The van der Waals surface area contributed by atoms with Gasteiger partial charge in [0.1, 0.15) is 11.2 Å². The predicted octanol–water partition coefficient (Wildman–Crippen LogP) is 9.44. The Hall–Kier alpha value is -6.20. The molecule has 0 unspecified atom stereocenters. The van der Waals surface area contributed by atoms with E-state index in [2.05, 4.69) is 143 Å². The minimum atomic E-state index is 0.0821. The Kier molecular flexibility index (Phi) is 4.89. The maximum Gasteiger partial charge on any atom is 0.252 e. The Bertz CT molecular complexity index is 2590. The maximum absolute atomic E-state index is 6.49. The minimum Gasteiger partial charge on any atom is -0.455 e. The van der Waals surface area contributed by atoms with E-state index in [0.29, 0.717) is 0 Å². The van der Waals surface area contributed by atoms with Gasteiger partial charge in [-0.1, -0.05) is 97.1 Å². The summed E-state index contributed by atoms with van der Waals surface area (Å²) in [6.45, 7) is 0.0821. The zero-order valence-corrected chi connectivity index (χ0v) is 25.2. The van der Waals surface area contributed by atoms with E-state index in [1.807, 2.05) is 18.2 Å². The van der Waals surface area contributed by atoms with Gasteiger partial charge < -0.3 is 19.0 Å². The van der Waals surface area contributed by atoms with Gasteiger partial charge in [0.2, 0.25) is 0 Å². The number of furan rings is 1. The van der Waals surface area contributed by atoms with Crippen LogP contribution in [0.2, 0.25) is 0 Å². The fraction of sp³-hybridized carbons (Fsp3) is 0. The molecule has 1 aromatic heterocycles. The Balaban J connectivity index is 1.10. The van der Waals surface area contributed by atoms with Gasteiger partial charge in [0.15, 0.2) is 11.5 Å². The van der Waals surface area contributed by atoms with Crippen LogP contribution in [0.25, 0.3) is 33.1 Å². The number of nitrogens with zero attached hydrogens (tertiary/aromatic N) is 2. The summed E-state index contributed by atoms with van der Waals surface area (Å²) in [5.74, 6) is 1.77. The second kappa shape index (κ2) is 9.18. The van der Waals surface area contributed by atoms with Gasteiger partial charge in [0.05, 0.1) is 11.4 Å². The predicted molar refractivity (Wildman–Crippen MR) is 193 cm³/mol. The molecule has 0 radical (unpaired) electrons. The van der Waals surface area contributed by atoms with E-state index in [1.54, 1.807) is 0 Å². The van der Waals surface area contributed by atoms with Crippen molar-refractivity contribution < 1.29 is 9.15 Å². The first-order valence-corrected chi connectivity index (χ1v) is 16.1. The molecule has 7 aromatic carbocycles. The molecule has 3 aliphatic rings. The Morgan fingerprint density at radius 1 is 0.468 bits per heavy atom. The zero-order chi connectivity index (χ0) is 30.6. The minimum absolute atomic E-state index is 0.0821. The summed E-state index contributed by atoms with van der Waals surface area (Å²) in [5.41, 5.74) is 14.8. The molecule has 47 heavy (non-hydrogen) atoms. The molecule has 218 valence electrons. The van der Waals surface area contributed by atoms with Crippen LogP contribution in [0, 0.1) is 0 Å². The van der Waals surface area contributed by atoms with Crippen LogP contribution in [0.3, 0.4) is 0 Å². The lowest BCUT2D eigenvalue weighted by molar-refractivity contribution is 0.477. The summed E-state index contributed by atoms with van der Waals surface area (Å²) in [5, 5.41) is 2.29. The van der Waals surface area contributed by atoms with E-state index in [9.17, 15) is 0 Å². The van der Waals surface area contributed by atoms with Gasteiger partial charge >= 0.3 is 0 Å². The molecule has 0 spiro atoms. The third-order valence-electron chi connectivity index (χ3n) is 10.1. The van der Waals surface area contributed by atoms with Crippen molar-refractivity contribution in [3.63, 3.8) is 0 Å². The van der Waals surface area contributed by atoms with Crippen molar-refractivity contribution in [3.05, 3.63) is 152 Å². The largest absolute Gasteiger partial charge is 0.455 e. The van der Waals surface area contributed by atoms with Gasteiger partial charge in [0, 0.05) is 39.1 Å². The molecule has 4 nitrogen and oxygen atoms in total. The van der Waals surface area contributed by atoms with Gasteiger partial charge in [-0.15, -0.1) is 0 Å². The number of para-hydroxylation sites is 6. The van der Waals surface area contributed by atoms with Crippen LogP contribution in [0.5, 0.6) is 11.5 Å². The fourth-order valence-electron chi connectivity index (χ4n) is 8.12. The number of hydrogen-bond acceptors (Lipinski definition) is 4. The number of hydrogen-bond donors (Lipinski definition) is 0. The first-order valence-electron chi connectivity index (χ1n) is 16.1. The molecular formula is C42H25BN2O2. The summed E-state index contributed by atoms with van der Waals surface area (Å²) in [7, 11) is 0. The lowest BCUT2D eigenvalue weighted by atomic mass is 9.33. The highest BCUT2D eigenvalue weighted by molar-refractivity contribution is 7.00. The van der Waals surface area contributed by atoms with Gasteiger partial charge in [-0.05, 0) is 76.5 Å². The number of rotatable bonds is 2.